The van der Waals surface area contributed by atoms with Crippen molar-refractivity contribution in [3.05, 3.63) is 120 Å². The van der Waals surface area contributed by atoms with Crippen molar-refractivity contribution < 1.29 is 9.53 Å². The summed E-state index contributed by atoms with van der Waals surface area (Å²) in [7, 11) is 0. The Balaban J connectivity index is 1.33. The molecule has 1 heterocycles. The maximum absolute atomic E-state index is 13.1. The predicted octanol–water partition coefficient (Wildman–Crippen LogP) is 9.04. The molecule has 0 radical (unpaired) electrons. The van der Waals surface area contributed by atoms with E-state index in [-0.39, 0.29) is 11.4 Å². The number of benzene rings is 4. The van der Waals surface area contributed by atoms with E-state index in [1.807, 2.05) is 78.9 Å². The number of aromatic nitrogens is 2. The summed E-state index contributed by atoms with van der Waals surface area (Å²) in [6.07, 6.45) is 1.74. The fourth-order valence-corrected chi connectivity index (χ4v) is 4.20. The van der Waals surface area contributed by atoms with E-state index in [1.54, 1.807) is 18.3 Å². The zero-order valence-corrected chi connectivity index (χ0v) is 22.2. The van der Waals surface area contributed by atoms with Crippen LogP contribution in [0.15, 0.2) is 109 Å². The number of anilines is 1. The topological polar surface area (TPSA) is 56.1 Å². The molecule has 6 heteroatoms. The number of carbonyl (C=O) groups excluding carboxylic acids is 1. The maximum Gasteiger partial charge on any atom is 0.346 e. The van der Waals surface area contributed by atoms with E-state index in [2.05, 4.69) is 43.3 Å². The summed E-state index contributed by atoms with van der Waals surface area (Å²) >= 11 is 6.08. The molecule has 0 spiro atoms. The van der Waals surface area contributed by atoms with Gasteiger partial charge < -0.3 is 10.1 Å². The first-order valence-electron chi connectivity index (χ1n) is 12.4. The molecule has 5 nitrogen and oxygen atoms in total. The minimum absolute atomic E-state index is 0.0877. The first-order valence-corrected chi connectivity index (χ1v) is 12.7. The van der Waals surface area contributed by atoms with Crippen molar-refractivity contribution in [3.63, 3.8) is 0 Å². The summed E-state index contributed by atoms with van der Waals surface area (Å²) in [6, 6.07) is 32.3. The molecule has 38 heavy (non-hydrogen) atoms. The molecule has 190 valence electrons. The van der Waals surface area contributed by atoms with Gasteiger partial charge in [-0.05, 0) is 65.1 Å². The summed E-state index contributed by atoms with van der Waals surface area (Å²) in [5, 5.41) is 8.17. The van der Waals surface area contributed by atoms with Crippen LogP contribution in [-0.2, 0) is 5.41 Å². The zero-order chi connectivity index (χ0) is 26.7. The Hall–Kier alpha value is -4.35. The van der Waals surface area contributed by atoms with Gasteiger partial charge in [-0.3, -0.25) is 0 Å². The summed E-state index contributed by atoms with van der Waals surface area (Å²) in [6.45, 7) is 6.54. The molecule has 5 rings (SSSR count). The monoisotopic (exact) mass is 521 g/mol. The number of hydrogen-bond donors (Lipinski definition) is 1. The maximum atomic E-state index is 13.1. The third-order valence-electron chi connectivity index (χ3n) is 6.19. The molecule has 0 fully saturated rings. The average molecular weight is 522 g/mol. The van der Waals surface area contributed by atoms with Crippen LogP contribution in [0.4, 0.5) is 10.5 Å². The van der Waals surface area contributed by atoms with Gasteiger partial charge in [0.25, 0.3) is 0 Å². The molecule has 1 aromatic heterocycles. The Kier molecular flexibility index (Phi) is 7.03. The van der Waals surface area contributed by atoms with Gasteiger partial charge in [0.1, 0.15) is 17.2 Å². The van der Waals surface area contributed by atoms with Gasteiger partial charge >= 0.3 is 6.03 Å². The summed E-state index contributed by atoms with van der Waals surface area (Å²) in [4.78, 5) is 13.1. The van der Waals surface area contributed by atoms with Crippen LogP contribution < -0.4 is 10.1 Å². The first kappa shape index (κ1) is 25.3. The van der Waals surface area contributed by atoms with Crippen molar-refractivity contribution in [2.45, 2.75) is 26.2 Å². The van der Waals surface area contributed by atoms with Gasteiger partial charge in [0, 0.05) is 28.0 Å². The lowest BCUT2D eigenvalue weighted by molar-refractivity contribution is 0.251. The van der Waals surface area contributed by atoms with Crippen molar-refractivity contribution in [1.82, 2.24) is 9.78 Å². The summed E-state index contributed by atoms with van der Waals surface area (Å²) in [5.41, 5.74) is 5.36. The lowest BCUT2D eigenvalue weighted by Gasteiger charge is -2.19. The van der Waals surface area contributed by atoms with E-state index in [0.717, 1.165) is 22.4 Å². The second kappa shape index (κ2) is 10.6. The van der Waals surface area contributed by atoms with Crippen LogP contribution in [0.5, 0.6) is 11.5 Å². The number of rotatable bonds is 5. The number of nitrogens with one attached hydrogen (secondary N) is 1. The molecule has 0 saturated carbocycles. The van der Waals surface area contributed by atoms with Gasteiger partial charge in [-0.15, -0.1) is 0 Å². The standard InChI is InChI=1S/C32H28ClN3O2/c1-32(2,3)24-11-17-27(18-12-24)38-28-19-15-26(16-20-28)34-31(37)36-21-29(22-7-5-4-6-8-22)30(35-36)23-9-13-25(33)14-10-23/h4-21H,1-3H3,(H,34,37). The van der Waals surface area contributed by atoms with E-state index in [9.17, 15) is 4.79 Å². The van der Waals surface area contributed by atoms with Crippen LogP contribution in [0.25, 0.3) is 22.4 Å². The Labute approximate surface area is 227 Å². The molecule has 5 aromatic rings. The third-order valence-corrected chi connectivity index (χ3v) is 6.44. The Bertz CT molecular complexity index is 1530. The van der Waals surface area contributed by atoms with Crippen molar-refractivity contribution in [1.29, 1.82) is 0 Å². The smallest absolute Gasteiger partial charge is 0.346 e. The molecule has 0 saturated heterocycles. The van der Waals surface area contributed by atoms with E-state index in [4.69, 9.17) is 16.3 Å². The minimum atomic E-state index is -0.367. The van der Waals surface area contributed by atoms with Crippen LogP contribution >= 0.6 is 11.6 Å². The van der Waals surface area contributed by atoms with E-state index >= 15 is 0 Å². The van der Waals surface area contributed by atoms with Crippen molar-refractivity contribution in [3.8, 4) is 33.9 Å². The number of halogens is 1. The van der Waals surface area contributed by atoms with Gasteiger partial charge in [-0.25, -0.2) is 4.79 Å². The second-order valence-corrected chi connectivity index (χ2v) is 10.5. The molecular weight excluding hydrogens is 494 g/mol. The molecule has 0 atom stereocenters. The van der Waals surface area contributed by atoms with E-state index < -0.39 is 0 Å². The summed E-state index contributed by atoms with van der Waals surface area (Å²) in [5.74, 6) is 1.44. The van der Waals surface area contributed by atoms with Crippen molar-refractivity contribution in [2.24, 2.45) is 0 Å². The highest BCUT2D eigenvalue weighted by molar-refractivity contribution is 6.30. The van der Waals surface area contributed by atoms with Crippen LogP contribution in [0.2, 0.25) is 5.02 Å². The van der Waals surface area contributed by atoms with Crippen LogP contribution in [0.3, 0.4) is 0 Å². The lowest BCUT2D eigenvalue weighted by atomic mass is 9.87. The number of ether oxygens (including phenoxy) is 1. The Morgan fingerprint density at radius 1 is 0.789 bits per heavy atom. The largest absolute Gasteiger partial charge is 0.457 e. The van der Waals surface area contributed by atoms with Gasteiger partial charge in [-0.1, -0.05) is 87.0 Å². The SMILES string of the molecule is CC(C)(C)c1ccc(Oc2ccc(NC(=O)n3cc(-c4ccccc4)c(-c4ccc(Cl)cc4)n3)cc2)cc1. The van der Waals surface area contributed by atoms with Crippen LogP contribution in [-0.4, -0.2) is 15.8 Å². The second-order valence-electron chi connectivity index (χ2n) is 10.0. The highest BCUT2D eigenvalue weighted by Gasteiger charge is 2.17. The molecule has 0 unspecified atom stereocenters. The number of carbonyl (C=O) groups is 1. The number of hydrogen-bond acceptors (Lipinski definition) is 3. The Morgan fingerprint density at radius 2 is 1.39 bits per heavy atom. The predicted molar refractivity (Wildman–Crippen MR) is 154 cm³/mol. The zero-order valence-electron chi connectivity index (χ0n) is 21.5. The van der Waals surface area contributed by atoms with E-state index in [1.165, 1.54) is 10.2 Å². The van der Waals surface area contributed by atoms with Gasteiger partial charge in [0.2, 0.25) is 0 Å². The molecular formula is C32H28ClN3O2. The van der Waals surface area contributed by atoms with Gasteiger partial charge in [0.15, 0.2) is 0 Å². The molecule has 4 aromatic carbocycles. The van der Waals surface area contributed by atoms with E-state index in [0.29, 0.717) is 22.2 Å². The molecule has 1 N–H and O–H groups in total. The highest BCUT2D eigenvalue weighted by atomic mass is 35.5. The fraction of sp³-hybridized carbons (Fsp3) is 0.125. The first-order chi connectivity index (χ1) is 18.3. The molecule has 0 aliphatic heterocycles. The number of nitrogens with zero attached hydrogens (tertiary/aromatic N) is 2. The van der Waals surface area contributed by atoms with Crippen molar-refractivity contribution >= 4 is 23.3 Å². The molecule has 0 aliphatic rings. The average Bonchev–Trinajstić information content (AvgIpc) is 3.36. The number of amides is 1. The van der Waals surface area contributed by atoms with Gasteiger partial charge in [-0.2, -0.15) is 9.78 Å². The molecule has 0 aliphatic carbocycles. The summed E-state index contributed by atoms with van der Waals surface area (Å²) < 4.78 is 7.30. The fourth-order valence-electron chi connectivity index (χ4n) is 4.07. The van der Waals surface area contributed by atoms with Crippen molar-refractivity contribution in [2.75, 3.05) is 5.32 Å². The molecule has 0 bridgehead atoms. The lowest BCUT2D eigenvalue weighted by Crippen LogP contribution is -2.19. The van der Waals surface area contributed by atoms with Gasteiger partial charge in [0.05, 0.1) is 0 Å². The highest BCUT2D eigenvalue weighted by Crippen LogP contribution is 2.32. The van der Waals surface area contributed by atoms with Crippen LogP contribution in [0.1, 0.15) is 26.3 Å². The normalized spacial score (nSPS) is 11.3. The Morgan fingerprint density at radius 3 is 2.00 bits per heavy atom. The minimum Gasteiger partial charge on any atom is -0.457 e. The third kappa shape index (κ3) is 5.79. The van der Waals surface area contributed by atoms with Crippen LogP contribution in [0, 0.1) is 0 Å². The molecule has 1 amide bonds. The quantitative estimate of drug-likeness (QED) is 0.251.